The molecule has 94 valence electrons. The molecule has 5 heteroatoms. The van der Waals surface area contributed by atoms with Gasteiger partial charge in [0.2, 0.25) is 0 Å². The number of aromatic nitrogens is 2. The summed E-state index contributed by atoms with van der Waals surface area (Å²) in [5.41, 5.74) is 1.60. The molecule has 1 N–H and O–H groups in total. The smallest absolute Gasteiger partial charge is 0.269 e. The van der Waals surface area contributed by atoms with Gasteiger partial charge in [-0.3, -0.25) is 9.48 Å². The van der Waals surface area contributed by atoms with Gasteiger partial charge in [0, 0.05) is 6.54 Å². The number of amides is 1. The van der Waals surface area contributed by atoms with Crippen LogP contribution < -0.4 is 5.32 Å². The Morgan fingerprint density at radius 1 is 1.65 bits per heavy atom. The van der Waals surface area contributed by atoms with E-state index in [1.165, 1.54) is 0 Å². The second kappa shape index (κ2) is 4.87. The fourth-order valence-electron chi connectivity index (χ4n) is 1.72. The monoisotopic (exact) mass is 237 g/mol. The van der Waals surface area contributed by atoms with Gasteiger partial charge in [-0.2, -0.15) is 5.10 Å². The lowest BCUT2D eigenvalue weighted by molar-refractivity contribution is -0.00363. The normalized spacial score (nSPS) is 16.0. The van der Waals surface area contributed by atoms with E-state index < -0.39 is 0 Å². The van der Waals surface area contributed by atoms with Crippen LogP contribution >= 0.6 is 0 Å². The Kier molecular flexibility index (Phi) is 3.47. The van der Waals surface area contributed by atoms with Crippen LogP contribution in [0.15, 0.2) is 6.07 Å². The molecule has 1 aliphatic heterocycles. The van der Waals surface area contributed by atoms with Crippen LogP contribution in [0.1, 0.15) is 42.9 Å². The van der Waals surface area contributed by atoms with Gasteiger partial charge in [0.25, 0.3) is 5.91 Å². The Hall–Kier alpha value is -1.36. The minimum Gasteiger partial charge on any atom is -0.377 e. The summed E-state index contributed by atoms with van der Waals surface area (Å²) < 4.78 is 6.79. The van der Waals surface area contributed by atoms with Gasteiger partial charge < -0.3 is 10.1 Å². The van der Waals surface area contributed by atoms with E-state index in [9.17, 15) is 4.79 Å². The standard InChI is InChI=1S/C12H19N3O2/c1-4-15-11(5-10(14-15)8(2)3)12(16)13-9-6-17-7-9/h5,8-9H,4,6-7H2,1-3H3,(H,13,16). The van der Waals surface area contributed by atoms with E-state index in [0.717, 1.165) is 5.69 Å². The average Bonchev–Trinajstić information content (AvgIpc) is 2.67. The summed E-state index contributed by atoms with van der Waals surface area (Å²) in [5.74, 6) is 0.279. The Morgan fingerprint density at radius 3 is 2.82 bits per heavy atom. The van der Waals surface area contributed by atoms with Crippen LogP contribution in [0.25, 0.3) is 0 Å². The van der Waals surface area contributed by atoms with Crippen LogP contribution in [0.5, 0.6) is 0 Å². The van der Waals surface area contributed by atoms with Crippen LogP contribution in [0.4, 0.5) is 0 Å². The zero-order valence-electron chi connectivity index (χ0n) is 10.6. The molecule has 1 aliphatic rings. The van der Waals surface area contributed by atoms with E-state index in [4.69, 9.17) is 4.74 Å². The molecule has 2 rings (SSSR count). The number of aryl methyl sites for hydroxylation is 1. The van der Waals surface area contributed by atoms with Crippen molar-refractivity contribution in [2.45, 2.75) is 39.3 Å². The third-order valence-corrected chi connectivity index (χ3v) is 2.90. The van der Waals surface area contributed by atoms with Crippen LogP contribution in [-0.2, 0) is 11.3 Å². The molecular weight excluding hydrogens is 218 g/mol. The second-order valence-electron chi connectivity index (χ2n) is 4.63. The highest BCUT2D eigenvalue weighted by Gasteiger charge is 2.23. The van der Waals surface area contributed by atoms with Gasteiger partial charge >= 0.3 is 0 Å². The van der Waals surface area contributed by atoms with Crippen molar-refractivity contribution in [3.05, 3.63) is 17.5 Å². The fourth-order valence-corrected chi connectivity index (χ4v) is 1.72. The predicted molar refractivity (Wildman–Crippen MR) is 64.1 cm³/mol. The summed E-state index contributed by atoms with van der Waals surface area (Å²) in [5, 5.41) is 7.36. The van der Waals surface area contributed by atoms with Crippen molar-refractivity contribution in [3.63, 3.8) is 0 Å². The van der Waals surface area contributed by atoms with Gasteiger partial charge in [0.15, 0.2) is 0 Å². The van der Waals surface area contributed by atoms with Gasteiger partial charge in [0.05, 0.1) is 24.9 Å². The van der Waals surface area contributed by atoms with Crippen molar-refractivity contribution in [1.82, 2.24) is 15.1 Å². The molecule has 1 amide bonds. The molecule has 0 aliphatic carbocycles. The Bertz CT molecular complexity index is 408. The highest BCUT2D eigenvalue weighted by atomic mass is 16.5. The van der Waals surface area contributed by atoms with E-state index in [1.54, 1.807) is 4.68 Å². The summed E-state index contributed by atoms with van der Waals surface area (Å²) in [6.45, 7) is 8.07. The number of nitrogens with zero attached hydrogens (tertiary/aromatic N) is 2. The molecule has 0 spiro atoms. The van der Waals surface area contributed by atoms with E-state index in [1.807, 2.05) is 13.0 Å². The first-order chi connectivity index (χ1) is 8.11. The van der Waals surface area contributed by atoms with Gasteiger partial charge in [-0.25, -0.2) is 0 Å². The third kappa shape index (κ3) is 2.49. The number of carbonyl (C=O) groups excluding carboxylic acids is 1. The van der Waals surface area contributed by atoms with E-state index >= 15 is 0 Å². The first-order valence-electron chi connectivity index (χ1n) is 6.08. The van der Waals surface area contributed by atoms with E-state index in [0.29, 0.717) is 31.4 Å². The van der Waals surface area contributed by atoms with Gasteiger partial charge in [-0.05, 0) is 18.9 Å². The Labute approximate surface area is 101 Å². The Morgan fingerprint density at radius 2 is 2.35 bits per heavy atom. The molecule has 0 atom stereocenters. The van der Waals surface area contributed by atoms with Crippen molar-refractivity contribution in [3.8, 4) is 0 Å². The summed E-state index contributed by atoms with van der Waals surface area (Å²) >= 11 is 0. The molecule has 1 aromatic rings. The molecule has 0 saturated carbocycles. The van der Waals surface area contributed by atoms with Crippen molar-refractivity contribution in [2.75, 3.05) is 13.2 Å². The molecule has 17 heavy (non-hydrogen) atoms. The minimum atomic E-state index is -0.0560. The van der Waals surface area contributed by atoms with E-state index in [2.05, 4.69) is 24.3 Å². The Balaban J connectivity index is 2.14. The SMILES string of the molecule is CCn1nc(C(C)C)cc1C(=O)NC1COC1. The lowest BCUT2D eigenvalue weighted by Gasteiger charge is -2.26. The maximum Gasteiger partial charge on any atom is 0.269 e. The number of rotatable bonds is 4. The largest absolute Gasteiger partial charge is 0.377 e. The number of ether oxygens (including phenoxy) is 1. The highest BCUT2D eigenvalue weighted by molar-refractivity contribution is 5.93. The molecular formula is C12H19N3O2. The van der Waals surface area contributed by atoms with Gasteiger partial charge in [0.1, 0.15) is 5.69 Å². The second-order valence-corrected chi connectivity index (χ2v) is 4.63. The quantitative estimate of drug-likeness (QED) is 0.854. The van der Waals surface area contributed by atoms with Crippen molar-refractivity contribution in [2.24, 2.45) is 0 Å². The number of hydrogen-bond donors (Lipinski definition) is 1. The summed E-state index contributed by atoms with van der Waals surface area (Å²) in [4.78, 5) is 12.0. The van der Waals surface area contributed by atoms with Gasteiger partial charge in [-0.15, -0.1) is 0 Å². The van der Waals surface area contributed by atoms with Crippen molar-refractivity contribution < 1.29 is 9.53 Å². The molecule has 0 aromatic carbocycles. The first-order valence-corrected chi connectivity index (χ1v) is 6.08. The number of nitrogens with one attached hydrogen (secondary N) is 1. The molecule has 1 saturated heterocycles. The number of carbonyl (C=O) groups is 1. The summed E-state index contributed by atoms with van der Waals surface area (Å²) in [7, 11) is 0. The van der Waals surface area contributed by atoms with E-state index in [-0.39, 0.29) is 11.9 Å². The molecule has 5 nitrogen and oxygen atoms in total. The summed E-state index contributed by atoms with van der Waals surface area (Å²) in [6.07, 6.45) is 0. The lowest BCUT2D eigenvalue weighted by atomic mass is 10.1. The summed E-state index contributed by atoms with van der Waals surface area (Å²) in [6, 6.07) is 2.04. The predicted octanol–water partition coefficient (Wildman–Crippen LogP) is 1.15. The maximum atomic E-state index is 12.0. The lowest BCUT2D eigenvalue weighted by Crippen LogP contribution is -2.48. The molecule has 1 aromatic heterocycles. The average molecular weight is 237 g/mol. The van der Waals surface area contributed by atoms with Gasteiger partial charge in [-0.1, -0.05) is 13.8 Å². The first kappa shape index (κ1) is 12.1. The van der Waals surface area contributed by atoms with Crippen molar-refractivity contribution >= 4 is 5.91 Å². The van der Waals surface area contributed by atoms with Crippen LogP contribution in [0.3, 0.4) is 0 Å². The fraction of sp³-hybridized carbons (Fsp3) is 0.667. The molecule has 1 fully saturated rings. The van der Waals surface area contributed by atoms with Crippen LogP contribution in [0, 0.1) is 0 Å². The topological polar surface area (TPSA) is 56.2 Å². The maximum absolute atomic E-state index is 12.0. The molecule has 0 radical (unpaired) electrons. The third-order valence-electron chi connectivity index (χ3n) is 2.90. The molecule has 0 bridgehead atoms. The minimum absolute atomic E-state index is 0.0560. The van der Waals surface area contributed by atoms with Crippen molar-refractivity contribution in [1.29, 1.82) is 0 Å². The van der Waals surface area contributed by atoms with Crippen LogP contribution in [0.2, 0.25) is 0 Å². The van der Waals surface area contributed by atoms with Crippen LogP contribution in [-0.4, -0.2) is 34.9 Å². The molecule has 0 unspecified atom stereocenters. The zero-order chi connectivity index (χ0) is 12.4. The highest BCUT2D eigenvalue weighted by Crippen LogP contribution is 2.15. The number of hydrogen-bond acceptors (Lipinski definition) is 3. The zero-order valence-corrected chi connectivity index (χ0v) is 10.6. The molecule has 2 heterocycles.